The molecule has 2 heteroatoms. The van der Waals surface area contributed by atoms with Crippen LogP contribution >= 0.6 is 0 Å². The number of pyridine rings is 1. The van der Waals surface area contributed by atoms with Crippen LogP contribution in [0.5, 0.6) is 0 Å². The van der Waals surface area contributed by atoms with Crippen LogP contribution < -0.4 is 5.32 Å². The molecule has 3 rings (SSSR count). The van der Waals surface area contributed by atoms with Crippen LogP contribution in [0.2, 0.25) is 0 Å². The van der Waals surface area contributed by atoms with Crippen LogP contribution in [0.25, 0.3) is 0 Å². The Bertz CT molecular complexity index is 550. The summed E-state index contributed by atoms with van der Waals surface area (Å²) < 4.78 is 0. The molecule has 1 aromatic heterocycles. The molecular weight excluding hydrogens is 244 g/mol. The first-order chi connectivity index (χ1) is 9.84. The van der Waals surface area contributed by atoms with Gasteiger partial charge in [0.1, 0.15) is 0 Å². The van der Waals surface area contributed by atoms with Crippen LogP contribution in [-0.4, -0.2) is 11.0 Å². The highest BCUT2D eigenvalue weighted by Crippen LogP contribution is 2.35. The monoisotopic (exact) mass is 266 g/mol. The van der Waals surface area contributed by atoms with E-state index in [-0.39, 0.29) is 0 Å². The molecule has 2 unspecified atom stereocenters. The molecule has 0 spiro atoms. The highest BCUT2D eigenvalue weighted by atomic mass is 14.9. The highest BCUT2D eigenvalue weighted by molar-refractivity contribution is 5.48. The van der Waals surface area contributed by atoms with E-state index >= 15 is 0 Å². The third kappa shape index (κ3) is 2.84. The van der Waals surface area contributed by atoms with Crippen molar-refractivity contribution in [3.63, 3.8) is 0 Å². The van der Waals surface area contributed by atoms with Crippen molar-refractivity contribution in [3.8, 4) is 0 Å². The smallest absolute Gasteiger partial charge is 0.0603 e. The SMILES string of the molecule is Cc1ncccc1NC1CCCCC1c1ccccc1. The van der Waals surface area contributed by atoms with E-state index in [0.29, 0.717) is 12.0 Å². The molecule has 1 fully saturated rings. The van der Waals surface area contributed by atoms with Crippen molar-refractivity contribution < 1.29 is 0 Å². The topological polar surface area (TPSA) is 24.9 Å². The number of anilines is 1. The molecule has 2 aromatic rings. The van der Waals surface area contributed by atoms with Crippen LogP contribution in [0.3, 0.4) is 0 Å². The summed E-state index contributed by atoms with van der Waals surface area (Å²) in [4.78, 5) is 4.38. The van der Waals surface area contributed by atoms with Crippen LogP contribution in [0.4, 0.5) is 5.69 Å². The lowest BCUT2D eigenvalue weighted by atomic mass is 9.80. The van der Waals surface area contributed by atoms with Gasteiger partial charge in [0, 0.05) is 18.2 Å². The highest BCUT2D eigenvalue weighted by Gasteiger charge is 2.26. The van der Waals surface area contributed by atoms with Crippen molar-refractivity contribution in [2.24, 2.45) is 0 Å². The molecule has 2 nitrogen and oxygen atoms in total. The molecule has 1 aliphatic carbocycles. The summed E-state index contributed by atoms with van der Waals surface area (Å²) in [7, 11) is 0. The molecule has 1 aliphatic rings. The van der Waals surface area contributed by atoms with Crippen LogP contribution in [0.15, 0.2) is 48.7 Å². The van der Waals surface area contributed by atoms with Gasteiger partial charge in [0.25, 0.3) is 0 Å². The molecule has 1 heterocycles. The van der Waals surface area contributed by atoms with E-state index in [1.807, 2.05) is 12.3 Å². The zero-order valence-corrected chi connectivity index (χ0v) is 12.0. The number of hydrogen-bond acceptors (Lipinski definition) is 2. The third-order valence-corrected chi connectivity index (χ3v) is 4.34. The molecule has 20 heavy (non-hydrogen) atoms. The molecule has 0 saturated heterocycles. The van der Waals surface area contributed by atoms with E-state index in [4.69, 9.17) is 0 Å². The van der Waals surface area contributed by atoms with Gasteiger partial charge in [-0.2, -0.15) is 0 Å². The fourth-order valence-electron chi connectivity index (χ4n) is 3.24. The van der Waals surface area contributed by atoms with Gasteiger partial charge in [-0.15, -0.1) is 0 Å². The second-order valence-electron chi connectivity index (χ2n) is 5.69. The summed E-state index contributed by atoms with van der Waals surface area (Å²) in [5.74, 6) is 0.615. The molecule has 0 radical (unpaired) electrons. The second-order valence-corrected chi connectivity index (χ2v) is 5.69. The number of aromatic nitrogens is 1. The van der Waals surface area contributed by atoms with E-state index in [9.17, 15) is 0 Å². The second kappa shape index (κ2) is 6.08. The first-order valence-electron chi connectivity index (χ1n) is 7.58. The van der Waals surface area contributed by atoms with Crippen molar-refractivity contribution in [1.29, 1.82) is 0 Å². The Kier molecular flexibility index (Phi) is 4.00. The summed E-state index contributed by atoms with van der Waals surface area (Å²) in [6.45, 7) is 2.07. The first kappa shape index (κ1) is 13.2. The minimum Gasteiger partial charge on any atom is -0.380 e. The van der Waals surface area contributed by atoms with Crippen molar-refractivity contribution in [2.75, 3.05) is 5.32 Å². The van der Waals surface area contributed by atoms with Gasteiger partial charge in [-0.05, 0) is 37.5 Å². The van der Waals surface area contributed by atoms with Gasteiger partial charge in [-0.25, -0.2) is 0 Å². The number of hydrogen-bond donors (Lipinski definition) is 1. The van der Waals surface area contributed by atoms with Gasteiger partial charge < -0.3 is 5.32 Å². The van der Waals surface area contributed by atoms with Gasteiger partial charge in [0.2, 0.25) is 0 Å². The van der Waals surface area contributed by atoms with Gasteiger partial charge in [-0.3, -0.25) is 4.98 Å². The third-order valence-electron chi connectivity index (χ3n) is 4.34. The van der Waals surface area contributed by atoms with Gasteiger partial charge in [-0.1, -0.05) is 43.2 Å². The first-order valence-corrected chi connectivity index (χ1v) is 7.58. The minimum absolute atomic E-state index is 0.522. The average Bonchev–Trinajstić information content (AvgIpc) is 2.51. The van der Waals surface area contributed by atoms with E-state index in [2.05, 4.69) is 53.6 Å². The lowest BCUT2D eigenvalue weighted by Gasteiger charge is -2.33. The Morgan fingerprint density at radius 3 is 2.60 bits per heavy atom. The van der Waals surface area contributed by atoms with Crippen LogP contribution in [-0.2, 0) is 0 Å². The van der Waals surface area contributed by atoms with Crippen LogP contribution in [0.1, 0.15) is 42.9 Å². The molecular formula is C18H22N2. The summed E-state index contributed by atoms with van der Waals surface area (Å²) >= 11 is 0. The van der Waals surface area contributed by atoms with Gasteiger partial charge in [0.15, 0.2) is 0 Å². The van der Waals surface area contributed by atoms with E-state index < -0.39 is 0 Å². The van der Waals surface area contributed by atoms with Crippen molar-refractivity contribution in [1.82, 2.24) is 4.98 Å². The van der Waals surface area contributed by atoms with Gasteiger partial charge in [0.05, 0.1) is 11.4 Å². The molecule has 1 N–H and O–H groups in total. The Labute approximate surface area is 121 Å². The molecule has 1 aromatic carbocycles. The zero-order chi connectivity index (χ0) is 13.8. The summed E-state index contributed by atoms with van der Waals surface area (Å²) in [6.07, 6.45) is 7.04. The molecule has 2 atom stereocenters. The number of rotatable bonds is 3. The fraction of sp³-hybridized carbons (Fsp3) is 0.389. The normalized spacial score (nSPS) is 22.4. The molecule has 0 amide bonds. The van der Waals surface area contributed by atoms with E-state index in [0.717, 1.165) is 5.69 Å². The standard InChI is InChI=1S/C18H22N2/c1-14-17(12-7-13-19-14)20-18-11-6-5-10-16(18)15-8-3-2-4-9-15/h2-4,7-9,12-13,16,18,20H,5-6,10-11H2,1H3. The Hall–Kier alpha value is -1.83. The maximum atomic E-state index is 4.38. The van der Waals surface area contributed by atoms with Crippen molar-refractivity contribution >= 4 is 5.69 Å². The Morgan fingerprint density at radius 2 is 1.80 bits per heavy atom. The van der Waals surface area contributed by atoms with Gasteiger partial charge >= 0.3 is 0 Å². The summed E-state index contributed by atoms with van der Waals surface area (Å²) in [6, 6.07) is 15.6. The maximum absolute atomic E-state index is 4.38. The number of nitrogens with one attached hydrogen (secondary N) is 1. The maximum Gasteiger partial charge on any atom is 0.0603 e. The number of aryl methyl sites for hydroxylation is 1. The van der Waals surface area contributed by atoms with E-state index in [1.165, 1.54) is 36.9 Å². The zero-order valence-electron chi connectivity index (χ0n) is 12.0. The average molecular weight is 266 g/mol. The quantitative estimate of drug-likeness (QED) is 0.883. The number of nitrogens with zero attached hydrogens (tertiary/aromatic N) is 1. The molecule has 0 aliphatic heterocycles. The predicted molar refractivity (Wildman–Crippen MR) is 84.0 cm³/mol. The summed E-state index contributed by atoms with van der Waals surface area (Å²) in [5, 5.41) is 3.74. The largest absolute Gasteiger partial charge is 0.380 e. The predicted octanol–water partition coefficient (Wildman–Crippen LogP) is 4.53. The molecule has 1 saturated carbocycles. The molecule has 104 valence electrons. The van der Waals surface area contributed by atoms with Crippen molar-refractivity contribution in [3.05, 3.63) is 59.9 Å². The lowest BCUT2D eigenvalue weighted by Crippen LogP contribution is -2.31. The van der Waals surface area contributed by atoms with Crippen LogP contribution in [0, 0.1) is 6.92 Å². The fourth-order valence-corrected chi connectivity index (χ4v) is 3.24. The summed E-state index contributed by atoms with van der Waals surface area (Å²) in [5.41, 5.74) is 3.73. The molecule has 0 bridgehead atoms. The van der Waals surface area contributed by atoms with Crippen molar-refractivity contribution in [2.45, 2.75) is 44.6 Å². The number of benzene rings is 1. The van der Waals surface area contributed by atoms with E-state index in [1.54, 1.807) is 0 Å². The minimum atomic E-state index is 0.522. The Morgan fingerprint density at radius 1 is 1.00 bits per heavy atom. The lowest BCUT2D eigenvalue weighted by molar-refractivity contribution is 0.405. The Balaban J connectivity index is 1.81.